The normalized spacial score (nSPS) is 12.4. The largest absolute Gasteiger partial charge is 0.454 e. The third-order valence-electron chi connectivity index (χ3n) is 3.88. The Labute approximate surface area is 181 Å². The summed E-state index contributed by atoms with van der Waals surface area (Å²) in [7, 11) is 0. The molecule has 5 nitrogen and oxygen atoms in total. The summed E-state index contributed by atoms with van der Waals surface area (Å²) in [6.45, 7) is 13.1. The van der Waals surface area contributed by atoms with Crippen molar-refractivity contribution in [3.63, 3.8) is 0 Å². The number of halogens is 3. The fourth-order valence-corrected chi connectivity index (χ4v) is 2.71. The highest BCUT2D eigenvalue weighted by molar-refractivity contribution is 5.66. The van der Waals surface area contributed by atoms with Gasteiger partial charge < -0.3 is 4.74 Å². The molecule has 0 bridgehead atoms. The van der Waals surface area contributed by atoms with Gasteiger partial charge in [-0.2, -0.15) is 18.4 Å². The molecule has 168 valence electrons. The monoisotopic (exact) mass is 434 g/mol. The van der Waals surface area contributed by atoms with Gasteiger partial charge in [-0.1, -0.05) is 17.7 Å². The van der Waals surface area contributed by atoms with Gasteiger partial charge in [-0.15, -0.1) is 0 Å². The lowest BCUT2D eigenvalue weighted by molar-refractivity contribution is -0.138. The summed E-state index contributed by atoms with van der Waals surface area (Å²) in [5.74, 6) is -0.141. The van der Waals surface area contributed by atoms with Crippen LogP contribution in [0.25, 0.3) is 0 Å². The van der Waals surface area contributed by atoms with Crippen molar-refractivity contribution in [2.45, 2.75) is 65.7 Å². The highest BCUT2D eigenvalue weighted by atomic mass is 19.4. The van der Waals surface area contributed by atoms with Gasteiger partial charge in [0.15, 0.2) is 5.75 Å². The molecule has 0 aliphatic rings. The SMILES string of the molecule is Cc1ccc(Oc2c(N(NC(C)(C)C)NC(C)(C)C)cc(C#N)cc2C(F)(F)F)cc1. The molecular weight excluding hydrogens is 405 g/mol. The van der Waals surface area contributed by atoms with E-state index in [1.807, 2.05) is 54.5 Å². The first-order valence-electron chi connectivity index (χ1n) is 9.85. The number of anilines is 1. The Morgan fingerprint density at radius 2 is 1.42 bits per heavy atom. The maximum absolute atomic E-state index is 14.0. The van der Waals surface area contributed by atoms with E-state index in [1.165, 1.54) is 11.2 Å². The molecule has 2 aromatic carbocycles. The van der Waals surface area contributed by atoms with Crippen LogP contribution in [-0.2, 0) is 6.18 Å². The molecule has 0 saturated carbocycles. The maximum Gasteiger partial charge on any atom is 0.420 e. The van der Waals surface area contributed by atoms with Gasteiger partial charge in [-0.3, -0.25) is 0 Å². The van der Waals surface area contributed by atoms with Gasteiger partial charge in [0, 0.05) is 11.1 Å². The van der Waals surface area contributed by atoms with Crippen molar-refractivity contribution in [1.29, 1.82) is 5.26 Å². The van der Waals surface area contributed by atoms with Crippen LogP contribution in [0.2, 0.25) is 0 Å². The molecule has 0 radical (unpaired) electrons. The summed E-state index contributed by atoms with van der Waals surface area (Å²) in [4.78, 5) is 0. The van der Waals surface area contributed by atoms with Crippen LogP contribution in [0.4, 0.5) is 18.9 Å². The Morgan fingerprint density at radius 3 is 1.84 bits per heavy atom. The number of hydrazine groups is 2. The van der Waals surface area contributed by atoms with Crippen LogP contribution < -0.4 is 20.7 Å². The number of alkyl halides is 3. The van der Waals surface area contributed by atoms with Crippen molar-refractivity contribution in [1.82, 2.24) is 10.9 Å². The van der Waals surface area contributed by atoms with Gasteiger partial charge >= 0.3 is 6.18 Å². The number of benzene rings is 2. The molecule has 0 heterocycles. The van der Waals surface area contributed by atoms with Crippen molar-refractivity contribution in [3.8, 4) is 17.6 Å². The van der Waals surface area contributed by atoms with Crippen molar-refractivity contribution in [2.75, 3.05) is 5.12 Å². The molecule has 0 unspecified atom stereocenters. The molecule has 2 rings (SSSR count). The van der Waals surface area contributed by atoms with Crippen LogP contribution in [0.3, 0.4) is 0 Å². The van der Waals surface area contributed by atoms with Crippen molar-refractivity contribution in [2.24, 2.45) is 0 Å². The molecule has 0 saturated heterocycles. The molecule has 31 heavy (non-hydrogen) atoms. The maximum atomic E-state index is 14.0. The number of hydrogen-bond acceptors (Lipinski definition) is 5. The topological polar surface area (TPSA) is 60.3 Å². The van der Waals surface area contributed by atoms with E-state index in [2.05, 4.69) is 10.9 Å². The zero-order chi connectivity index (χ0) is 23.6. The number of hydrogen-bond donors (Lipinski definition) is 2. The van der Waals surface area contributed by atoms with E-state index < -0.39 is 28.6 Å². The second-order valence-corrected chi connectivity index (χ2v) is 9.46. The predicted octanol–water partition coefficient (Wildman–Crippen LogP) is 6.09. The van der Waals surface area contributed by atoms with Gasteiger partial charge in [-0.05, 0) is 72.7 Å². The van der Waals surface area contributed by atoms with E-state index in [4.69, 9.17) is 4.74 Å². The molecule has 0 amide bonds. The first-order chi connectivity index (χ1) is 14.1. The fraction of sp³-hybridized carbons (Fsp3) is 0.435. The average Bonchev–Trinajstić information content (AvgIpc) is 2.59. The molecule has 0 fully saturated rings. The minimum atomic E-state index is -4.73. The summed E-state index contributed by atoms with van der Waals surface area (Å²) in [6, 6.07) is 10.7. The summed E-state index contributed by atoms with van der Waals surface area (Å²) < 4.78 is 47.8. The zero-order valence-electron chi connectivity index (χ0n) is 18.9. The minimum Gasteiger partial charge on any atom is -0.454 e. The minimum absolute atomic E-state index is 0.0526. The Balaban J connectivity index is 2.76. The van der Waals surface area contributed by atoms with Crippen LogP contribution in [0, 0.1) is 18.3 Å². The van der Waals surface area contributed by atoms with E-state index in [-0.39, 0.29) is 17.0 Å². The van der Waals surface area contributed by atoms with Gasteiger partial charge in [0.1, 0.15) is 17.0 Å². The lowest BCUT2D eigenvalue weighted by atomic mass is 10.1. The van der Waals surface area contributed by atoms with E-state index in [0.717, 1.165) is 11.6 Å². The number of nitriles is 1. The average molecular weight is 435 g/mol. The fourth-order valence-electron chi connectivity index (χ4n) is 2.71. The molecule has 0 aromatic heterocycles. The molecule has 8 heteroatoms. The van der Waals surface area contributed by atoms with Gasteiger partial charge in [-0.25, -0.2) is 16.0 Å². The zero-order valence-corrected chi connectivity index (χ0v) is 18.9. The second-order valence-electron chi connectivity index (χ2n) is 9.46. The quantitative estimate of drug-likeness (QED) is 0.558. The standard InChI is InChI=1S/C23H29F3N4O/c1-15-8-10-17(11-9-15)31-20-18(23(24,25)26)12-16(14-27)13-19(20)30(28-21(2,3)4)29-22(5,6)7/h8-13,28-29H,1-7H3. The number of rotatable bonds is 5. The molecule has 0 aliphatic carbocycles. The predicted molar refractivity (Wildman–Crippen MR) is 116 cm³/mol. The summed E-state index contributed by atoms with van der Waals surface area (Å²) in [5, 5.41) is 10.8. The highest BCUT2D eigenvalue weighted by Gasteiger charge is 2.38. The molecule has 0 atom stereocenters. The van der Waals surface area contributed by atoms with Crippen LogP contribution in [-0.4, -0.2) is 11.1 Å². The van der Waals surface area contributed by atoms with Crippen LogP contribution in [0.5, 0.6) is 11.5 Å². The second kappa shape index (κ2) is 8.77. The van der Waals surface area contributed by atoms with Crippen molar-refractivity contribution in [3.05, 3.63) is 53.1 Å². The van der Waals surface area contributed by atoms with E-state index in [1.54, 1.807) is 24.3 Å². The van der Waals surface area contributed by atoms with Crippen molar-refractivity contribution < 1.29 is 17.9 Å². The first kappa shape index (κ1) is 24.5. The van der Waals surface area contributed by atoms with Gasteiger partial charge in [0.05, 0.1) is 11.6 Å². The first-order valence-corrected chi connectivity index (χ1v) is 9.85. The third kappa shape index (κ3) is 7.16. The highest BCUT2D eigenvalue weighted by Crippen LogP contribution is 2.44. The van der Waals surface area contributed by atoms with Gasteiger partial charge in [0.25, 0.3) is 0 Å². The summed E-state index contributed by atoms with van der Waals surface area (Å²) in [5.41, 5.74) is 5.17. The number of nitrogens with zero attached hydrogens (tertiary/aromatic N) is 2. The Kier molecular flexibility index (Phi) is 6.94. The van der Waals surface area contributed by atoms with Crippen LogP contribution in [0.1, 0.15) is 58.2 Å². The lowest BCUT2D eigenvalue weighted by Gasteiger charge is -2.39. The molecule has 2 aromatic rings. The number of aryl methyl sites for hydroxylation is 1. The third-order valence-corrected chi connectivity index (χ3v) is 3.88. The van der Waals surface area contributed by atoms with Crippen molar-refractivity contribution >= 4 is 5.69 Å². The molecule has 2 N–H and O–H groups in total. The lowest BCUT2D eigenvalue weighted by Crippen LogP contribution is -2.61. The summed E-state index contributed by atoms with van der Waals surface area (Å²) in [6.07, 6.45) is -4.73. The smallest absolute Gasteiger partial charge is 0.420 e. The number of nitrogens with one attached hydrogen (secondary N) is 2. The Hall–Kier alpha value is -2.76. The number of ether oxygens (including phenoxy) is 1. The summed E-state index contributed by atoms with van der Waals surface area (Å²) >= 11 is 0. The van der Waals surface area contributed by atoms with Crippen LogP contribution >= 0.6 is 0 Å². The molecular formula is C23H29F3N4O. The Morgan fingerprint density at radius 1 is 0.903 bits per heavy atom. The van der Waals surface area contributed by atoms with E-state index in [9.17, 15) is 18.4 Å². The van der Waals surface area contributed by atoms with Crippen LogP contribution in [0.15, 0.2) is 36.4 Å². The van der Waals surface area contributed by atoms with E-state index >= 15 is 0 Å². The molecule has 0 aliphatic heterocycles. The van der Waals surface area contributed by atoms with E-state index in [0.29, 0.717) is 0 Å². The van der Waals surface area contributed by atoms with Gasteiger partial charge in [0.2, 0.25) is 0 Å². The Bertz CT molecular complexity index is 933. The molecule has 0 spiro atoms.